The lowest BCUT2D eigenvalue weighted by atomic mass is 9.63. The predicted molar refractivity (Wildman–Crippen MR) is 118 cm³/mol. The summed E-state index contributed by atoms with van der Waals surface area (Å²) < 4.78 is 0. The first-order valence-electron chi connectivity index (χ1n) is 9.78. The van der Waals surface area contributed by atoms with E-state index < -0.39 is 0 Å². The van der Waals surface area contributed by atoms with Crippen LogP contribution in [0.3, 0.4) is 0 Å². The minimum atomic E-state index is 0.238. The summed E-state index contributed by atoms with van der Waals surface area (Å²) in [5, 5.41) is 0.774. The summed E-state index contributed by atoms with van der Waals surface area (Å²) in [5.41, 5.74) is 8.44. The minimum Gasteiger partial charge on any atom is -0.0843 e. The van der Waals surface area contributed by atoms with Gasteiger partial charge in [0.05, 0.1) is 0 Å². The van der Waals surface area contributed by atoms with Gasteiger partial charge in [-0.25, -0.2) is 0 Å². The van der Waals surface area contributed by atoms with E-state index in [1.165, 1.54) is 40.7 Å². The molecule has 1 aliphatic rings. The maximum Gasteiger partial charge on any atom is 0.0412 e. The van der Waals surface area contributed by atoms with Crippen molar-refractivity contribution >= 4 is 11.6 Å². The van der Waals surface area contributed by atoms with Crippen molar-refractivity contribution in [3.05, 3.63) is 82.9 Å². The number of fused-ring (bicyclic) bond motifs is 1. The zero-order chi connectivity index (χ0) is 19.2. The Labute approximate surface area is 168 Å². The van der Waals surface area contributed by atoms with Gasteiger partial charge in [-0.05, 0) is 69.2 Å². The van der Waals surface area contributed by atoms with Crippen molar-refractivity contribution in [1.29, 1.82) is 0 Å². The van der Waals surface area contributed by atoms with Crippen LogP contribution in [0.2, 0.25) is 5.02 Å². The monoisotopic (exact) mass is 374 g/mol. The number of rotatable bonds is 2. The maximum atomic E-state index is 6.14. The molecule has 0 unspecified atom stereocenters. The molecular formula is C26H27Cl. The van der Waals surface area contributed by atoms with Gasteiger partial charge in [0, 0.05) is 5.02 Å². The van der Waals surface area contributed by atoms with E-state index >= 15 is 0 Å². The molecule has 0 fully saturated rings. The van der Waals surface area contributed by atoms with Gasteiger partial charge in [-0.2, -0.15) is 0 Å². The standard InChI is InChI=1S/C26H27Cl/c1-25(2)14-15-26(3,4)24-17-21(12-13-23(24)25)19-10-8-18(9-11-19)20-6-5-7-22(27)16-20/h5-13,16-17H,14-15H2,1-4H3. The van der Waals surface area contributed by atoms with Crippen LogP contribution in [0.1, 0.15) is 51.7 Å². The molecule has 0 N–H and O–H groups in total. The molecule has 1 heteroatoms. The van der Waals surface area contributed by atoms with Crippen LogP contribution in [-0.2, 0) is 10.8 Å². The van der Waals surface area contributed by atoms with E-state index in [1.807, 2.05) is 18.2 Å². The Bertz CT molecular complexity index is 977. The average Bonchev–Trinajstić information content (AvgIpc) is 2.65. The molecule has 0 saturated heterocycles. The fourth-order valence-electron chi connectivity index (χ4n) is 4.29. The highest BCUT2D eigenvalue weighted by Crippen LogP contribution is 2.46. The Kier molecular flexibility index (Phi) is 4.43. The van der Waals surface area contributed by atoms with E-state index in [4.69, 9.17) is 11.6 Å². The second kappa shape index (κ2) is 6.53. The van der Waals surface area contributed by atoms with E-state index in [2.05, 4.69) is 76.2 Å². The highest BCUT2D eigenvalue weighted by atomic mass is 35.5. The molecule has 1 aliphatic carbocycles. The van der Waals surface area contributed by atoms with Crippen LogP contribution in [0.15, 0.2) is 66.7 Å². The van der Waals surface area contributed by atoms with Gasteiger partial charge in [-0.3, -0.25) is 0 Å². The number of hydrogen-bond donors (Lipinski definition) is 0. The Balaban J connectivity index is 1.72. The van der Waals surface area contributed by atoms with E-state index in [-0.39, 0.29) is 10.8 Å². The molecule has 0 aromatic heterocycles. The van der Waals surface area contributed by atoms with Crippen LogP contribution in [-0.4, -0.2) is 0 Å². The summed E-state index contributed by atoms with van der Waals surface area (Å²) in [7, 11) is 0. The van der Waals surface area contributed by atoms with Crippen LogP contribution in [0.4, 0.5) is 0 Å². The third kappa shape index (κ3) is 3.44. The molecule has 0 radical (unpaired) electrons. The molecule has 0 nitrogen and oxygen atoms in total. The SMILES string of the molecule is CC1(C)CCC(C)(C)c2cc(-c3ccc(-c4cccc(Cl)c4)cc3)ccc21. The third-order valence-electron chi connectivity index (χ3n) is 6.23. The van der Waals surface area contributed by atoms with Crippen molar-refractivity contribution in [2.24, 2.45) is 0 Å². The number of hydrogen-bond acceptors (Lipinski definition) is 0. The molecule has 4 rings (SSSR count). The molecule has 138 valence electrons. The molecule has 0 atom stereocenters. The molecule has 0 spiro atoms. The van der Waals surface area contributed by atoms with Gasteiger partial charge in [0.15, 0.2) is 0 Å². The quantitative estimate of drug-likeness (QED) is 0.426. The Morgan fingerprint density at radius 1 is 0.593 bits per heavy atom. The van der Waals surface area contributed by atoms with Crippen molar-refractivity contribution < 1.29 is 0 Å². The van der Waals surface area contributed by atoms with Gasteiger partial charge in [0.1, 0.15) is 0 Å². The maximum absolute atomic E-state index is 6.14. The summed E-state index contributed by atoms with van der Waals surface area (Å²) in [6.07, 6.45) is 2.49. The second-order valence-electron chi connectivity index (χ2n) is 9.12. The highest BCUT2D eigenvalue weighted by Gasteiger charge is 2.36. The van der Waals surface area contributed by atoms with Crippen LogP contribution < -0.4 is 0 Å². The van der Waals surface area contributed by atoms with E-state index in [9.17, 15) is 0 Å². The van der Waals surface area contributed by atoms with Gasteiger partial charge in [-0.15, -0.1) is 0 Å². The fourth-order valence-corrected chi connectivity index (χ4v) is 4.48. The summed E-state index contributed by atoms with van der Waals surface area (Å²) in [5.74, 6) is 0. The normalized spacial score (nSPS) is 17.4. The predicted octanol–water partition coefficient (Wildman–Crippen LogP) is 8.02. The van der Waals surface area contributed by atoms with Gasteiger partial charge >= 0.3 is 0 Å². The zero-order valence-corrected chi connectivity index (χ0v) is 17.4. The molecule has 0 saturated carbocycles. The van der Waals surface area contributed by atoms with Crippen molar-refractivity contribution in [2.75, 3.05) is 0 Å². The minimum absolute atomic E-state index is 0.238. The fraction of sp³-hybridized carbons (Fsp3) is 0.308. The molecule has 0 bridgehead atoms. The first-order chi connectivity index (χ1) is 12.8. The van der Waals surface area contributed by atoms with Crippen molar-refractivity contribution in [3.63, 3.8) is 0 Å². The molecule has 0 aliphatic heterocycles. The van der Waals surface area contributed by atoms with E-state index in [0.717, 1.165) is 10.6 Å². The van der Waals surface area contributed by atoms with Crippen molar-refractivity contribution in [1.82, 2.24) is 0 Å². The molecular weight excluding hydrogens is 348 g/mol. The largest absolute Gasteiger partial charge is 0.0843 e. The van der Waals surface area contributed by atoms with Gasteiger partial charge < -0.3 is 0 Å². The average molecular weight is 375 g/mol. The van der Waals surface area contributed by atoms with Crippen LogP contribution in [0, 0.1) is 0 Å². The van der Waals surface area contributed by atoms with Crippen LogP contribution >= 0.6 is 11.6 Å². The second-order valence-corrected chi connectivity index (χ2v) is 9.55. The molecule has 0 heterocycles. The number of benzene rings is 3. The van der Waals surface area contributed by atoms with Gasteiger partial charge in [0.25, 0.3) is 0 Å². The van der Waals surface area contributed by atoms with Crippen molar-refractivity contribution in [3.8, 4) is 22.3 Å². The number of halogens is 1. The van der Waals surface area contributed by atoms with Gasteiger partial charge in [0.2, 0.25) is 0 Å². The van der Waals surface area contributed by atoms with Gasteiger partial charge in [-0.1, -0.05) is 93.9 Å². The molecule has 3 aromatic carbocycles. The summed E-state index contributed by atoms with van der Waals surface area (Å²) in [4.78, 5) is 0. The first kappa shape index (κ1) is 18.3. The van der Waals surface area contributed by atoms with Crippen LogP contribution in [0.25, 0.3) is 22.3 Å². The Morgan fingerprint density at radius 3 is 1.70 bits per heavy atom. The third-order valence-corrected chi connectivity index (χ3v) is 6.46. The summed E-state index contributed by atoms with van der Waals surface area (Å²) >= 11 is 6.14. The van der Waals surface area contributed by atoms with E-state index in [1.54, 1.807) is 0 Å². The van der Waals surface area contributed by atoms with Crippen LogP contribution in [0.5, 0.6) is 0 Å². The molecule has 27 heavy (non-hydrogen) atoms. The molecule has 3 aromatic rings. The molecule has 0 amide bonds. The summed E-state index contributed by atoms with van der Waals surface area (Å²) in [6, 6.07) is 23.9. The Hall–Kier alpha value is -2.05. The topological polar surface area (TPSA) is 0 Å². The highest BCUT2D eigenvalue weighted by molar-refractivity contribution is 6.30. The Morgan fingerprint density at radius 2 is 1.11 bits per heavy atom. The zero-order valence-electron chi connectivity index (χ0n) is 16.6. The lowest BCUT2D eigenvalue weighted by Gasteiger charge is -2.42. The van der Waals surface area contributed by atoms with Crippen molar-refractivity contribution in [2.45, 2.75) is 51.4 Å². The smallest absolute Gasteiger partial charge is 0.0412 e. The van der Waals surface area contributed by atoms with E-state index in [0.29, 0.717) is 0 Å². The lowest BCUT2D eigenvalue weighted by Crippen LogP contribution is -2.33. The lowest BCUT2D eigenvalue weighted by molar-refractivity contribution is 0.332. The summed E-state index contributed by atoms with van der Waals surface area (Å²) in [6.45, 7) is 9.52. The first-order valence-corrected chi connectivity index (χ1v) is 10.2.